The van der Waals surface area contributed by atoms with Crippen LogP contribution in [0.2, 0.25) is 0 Å². The Balaban J connectivity index is 0.00000128. The minimum atomic E-state index is 0. The standard InChI is InChI=1S/C15H14.CH4/c1-11-8-9-13(3)15(10-11)14-7-5-4-6-12(14)2;/h4-10H,2-3H2,1H3;1H4/b15-14-;. The molecule has 0 saturated heterocycles. The summed E-state index contributed by atoms with van der Waals surface area (Å²) in [6, 6.07) is 14.4. The van der Waals surface area contributed by atoms with Gasteiger partial charge in [0, 0.05) is 0 Å². The zero-order chi connectivity index (χ0) is 10.8. The van der Waals surface area contributed by atoms with E-state index in [9.17, 15) is 0 Å². The van der Waals surface area contributed by atoms with Gasteiger partial charge in [-0.1, -0.05) is 68.6 Å². The molecule has 0 aromatic heterocycles. The lowest BCUT2D eigenvalue weighted by atomic mass is 10.1. The first-order chi connectivity index (χ1) is 7.18. The van der Waals surface area contributed by atoms with Crippen LogP contribution in [0, 0.1) is 17.4 Å². The average molecular weight is 210 g/mol. The van der Waals surface area contributed by atoms with Gasteiger partial charge in [0.25, 0.3) is 0 Å². The van der Waals surface area contributed by atoms with Crippen LogP contribution in [0.3, 0.4) is 0 Å². The molecule has 0 aliphatic rings. The summed E-state index contributed by atoms with van der Waals surface area (Å²) in [4.78, 5) is 0. The molecule has 0 N–H and O–H groups in total. The summed E-state index contributed by atoms with van der Waals surface area (Å²) >= 11 is 0. The van der Waals surface area contributed by atoms with Crippen molar-refractivity contribution in [2.75, 3.05) is 0 Å². The maximum atomic E-state index is 4.05. The van der Waals surface area contributed by atoms with E-state index in [1.807, 2.05) is 18.2 Å². The van der Waals surface area contributed by atoms with Crippen LogP contribution in [-0.4, -0.2) is 0 Å². The Bertz CT molecular complexity index is 666. The van der Waals surface area contributed by atoms with Gasteiger partial charge in [-0.15, -0.1) is 0 Å². The largest absolute Gasteiger partial charge is 0.0911 e. The number of hydrogen-bond acceptors (Lipinski definition) is 0. The highest BCUT2D eigenvalue weighted by Crippen LogP contribution is 1.94. The lowest BCUT2D eigenvalue weighted by Gasteiger charge is -1.94. The Morgan fingerprint density at radius 3 is 2.12 bits per heavy atom. The highest BCUT2D eigenvalue weighted by Gasteiger charge is 1.88. The van der Waals surface area contributed by atoms with Crippen molar-refractivity contribution in [2.24, 2.45) is 0 Å². The van der Waals surface area contributed by atoms with Crippen molar-refractivity contribution in [3.05, 3.63) is 68.9 Å². The average Bonchev–Trinajstić information content (AvgIpc) is 2.23. The van der Waals surface area contributed by atoms with Gasteiger partial charge in [0.1, 0.15) is 0 Å². The van der Waals surface area contributed by atoms with Crippen molar-refractivity contribution < 1.29 is 0 Å². The molecule has 0 unspecified atom stereocenters. The quantitative estimate of drug-likeness (QED) is 0.627. The van der Waals surface area contributed by atoms with E-state index in [1.54, 1.807) is 0 Å². The minimum absolute atomic E-state index is 0. The van der Waals surface area contributed by atoms with Gasteiger partial charge in [-0.3, -0.25) is 0 Å². The molecule has 0 radical (unpaired) electrons. The summed E-state index contributed by atoms with van der Waals surface area (Å²) < 4.78 is 0. The highest BCUT2D eigenvalue weighted by molar-refractivity contribution is 5.25. The van der Waals surface area contributed by atoms with Gasteiger partial charge in [0.05, 0.1) is 0 Å². The molecular formula is C16H18. The van der Waals surface area contributed by atoms with E-state index in [4.69, 9.17) is 0 Å². The number of rotatable bonds is 0. The van der Waals surface area contributed by atoms with Crippen molar-refractivity contribution in [1.29, 1.82) is 0 Å². The monoisotopic (exact) mass is 210 g/mol. The molecule has 2 rings (SSSR count). The first kappa shape index (κ1) is 12.3. The Kier molecular flexibility index (Phi) is 3.68. The molecule has 2 aromatic rings. The second-order valence-electron chi connectivity index (χ2n) is 3.82. The molecule has 0 heterocycles. The fourth-order valence-electron chi connectivity index (χ4n) is 1.72. The van der Waals surface area contributed by atoms with E-state index in [-0.39, 0.29) is 7.43 Å². The Labute approximate surface area is 96.9 Å². The van der Waals surface area contributed by atoms with E-state index in [0.717, 1.165) is 10.4 Å². The molecule has 0 spiro atoms. The summed E-state index contributed by atoms with van der Waals surface area (Å²) in [5.74, 6) is 0. The van der Waals surface area contributed by atoms with Crippen LogP contribution in [0.25, 0.3) is 13.2 Å². The Morgan fingerprint density at radius 1 is 0.812 bits per heavy atom. The number of aryl methyl sites for hydroxylation is 1. The first-order valence-corrected chi connectivity index (χ1v) is 5.02. The van der Waals surface area contributed by atoms with Crippen LogP contribution in [-0.2, 0) is 0 Å². The topological polar surface area (TPSA) is 0 Å². The molecule has 0 aliphatic heterocycles. The summed E-state index contributed by atoms with van der Waals surface area (Å²) in [5.41, 5.74) is 1.25. The molecular weight excluding hydrogens is 192 g/mol. The summed E-state index contributed by atoms with van der Waals surface area (Å²) in [6.45, 7) is 10.2. The lowest BCUT2D eigenvalue weighted by molar-refractivity contribution is 1.36. The smallest absolute Gasteiger partial charge is 0.0109 e. The fourth-order valence-corrected chi connectivity index (χ4v) is 1.72. The summed E-state index contributed by atoms with van der Waals surface area (Å²) in [5, 5.41) is 4.46. The third-order valence-electron chi connectivity index (χ3n) is 2.57. The fraction of sp³-hybridized carbons (Fsp3) is 0.125. The van der Waals surface area contributed by atoms with Gasteiger partial charge in [-0.25, -0.2) is 0 Å². The zero-order valence-electron chi connectivity index (χ0n) is 8.96. The van der Waals surface area contributed by atoms with Crippen molar-refractivity contribution in [3.8, 4) is 0 Å². The van der Waals surface area contributed by atoms with Crippen molar-refractivity contribution >= 4 is 13.2 Å². The van der Waals surface area contributed by atoms with E-state index >= 15 is 0 Å². The van der Waals surface area contributed by atoms with E-state index in [0.29, 0.717) is 0 Å². The van der Waals surface area contributed by atoms with Gasteiger partial charge in [-0.2, -0.15) is 0 Å². The van der Waals surface area contributed by atoms with Gasteiger partial charge in [-0.05, 0) is 27.8 Å². The summed E-state index contributed by atoms with van der Waals surface area (Å²) in [6.07, 6.45) is 0. The van der Waals surface area contributed by atoms with Crippen LogP contribution in [0.5, 0.6) is 0 Å². The molecule has 0 amide bonds. The predicted molar refractivity (Wildman–Crippen MR) is 72.3 cm³/mol. The summed E-state index contributed by atoms with van der Waals surface area (Å²) in [7, 11) is 0. The van der Waals surface area contributed by atoms with Crippen LogP contribution in [0.4, 0.5) is 0 Å². The zero-order valence-corrected chi connectivity index (χ0v) is 8.96. The normalized spacial score (nSPS) is 11.8. The molecule has 0 saturated carbocycles. The third kappa shape index (κ3) is 2.22. The number of benzene rings is 2. The first-order valence-electron chi connectivity index (χ1n) is 5.02. The maximum absolute atomic E-state index is 4.05. The molecule has 0 aliphatic carbocycles. The maximum Gasteiger partial charge on any atom is -0.0109 e. The Morgan fingerprint density at radius 2 is 1.44 bits per heavy atom. The van der Waals surface area contributed by atoms with Gasteiger partial charge >= 0.3 is 0 Å². The number of hydrogen-bond donors (Lipinski definition) is 0. The molecule has 82 valence electrons. The Hall–Kier alpha value is -1.82. The second kappa shape index (κ2) is 4.80. The van der Waals surface area contributed by atoms with Crippen LogP contribution < -0.4 is 10.4 Å². The lowest BCUT2D eigenvalue weighted by Crippen LogP contribution is -2.06. The molecule has 0 bridgehead atoms. The van der Waals surface area contributed by atoms with Crippen LogP contribution in [0.15, 0.2) is 42.5 Å². The van der Waals surface area contributed by atoms with Gasteiger partial charge in [0.2, 0.25) is 0 Å². The molecule has 16 heavy (non-hydrogen) atoms. The SMILES string of the molecule is C.C=c1cccc/c1=c1\cc(C)ccc1=C. The highest BCUT2D eigenvalue weighted by atomic mass is 13.9. The van der Waals surface area contributed by atoms with Crippen molar-refractivity contribution in [1.82, 2.24) is 0 Å². The van der Waals surface area contributed by atoms with Crippen LogP contribution in [0.1, 0.15) is 13.0 Å². The van der Waals surface area contributed by atoms with Gasteiger partial charge in [0.15, 0.2) is 0 Å². The molecule has 0 atom stereocenters. The molecule has 0 fully saturated rings. The van der Waals surface area contributed by atoms with Crippen molar-refractivity contribution in [3.63, 3.8) is 0 Å². The molecule has 2 aromatic carbocycles. The van der Waals surface area contributed by atoms with Crippen molar-refractivity contribution in [2.45, 2.75) is 14.4 Å². The molecule has 0 heteroatoms. The predicted octanol–water partition coefficient (Wildman–Crippen LogP) is 2.74. The van der Waals surface area contributed by atoms with Crippen LogP contribution >= 0.6 is 0 Å². The van der Waals surface area contributed by atoms with E-state index in [2.05, 4.69) is 44.3 Å². The second-order valence-corrected chi connectivity index (χ2v) is 3.82. The van der Waals surface area contributed by atoms with E-state index in [1.165, 1.54) is 16.0 Å². The van der Waals surface area contributed by atoms with Gasteiger partial charge < -0.3 is 0 Å². The van der Waals surface area contributed by atoms with E-state index < -0.39 is 0 Å². The minimum Gasteiger partial charge on any atom is -0.0911 e. The molecule has 0 nitrogen and oxygen atoms in total. The third-order valence-corrected chi connectivity index (χ3v) is 2.57.